The molecule has 1 aromatic heterocycles. The van der Waals surface area contributed by atoms with Gasteiger partial charge in [-0.2, -0.15) is 13.2 Å². The van der Waals surface area contributed by atoms with Gasteiger partial charge in [-0.05, 0) is 36.2 Å². The van der Waals surface area contributed by atoms with Crippen LogP contribution in [0, 0.1) is 6.92 Å². The average Bonchev–Trinajstić information content (AvgIpc) is 3.19. The van der Waals surface area contributed by atoms with Gasteiger partial charge in [0.05, 0.1) is 11.5 Å². The van der Waals surface area contributed by atoms with Gasteiger partial charge in [-0.3, -0.25) is 0 Å². The first-order valence-corrected chi connectivity index (χ1v) is 12.2. The van der Waals surface area contributed by atoms with Crippen LogP contribution in [0.25, 0.3) is 11.5 Å². The van der Waals surface area contributed by atoms with Crippen molar-refractivity contribution in [2.45, 2.75) is 25.6 Å². The van der Waals surface area contributed by atoms with Crippen molar-refractivity contribution in [3.8, 4) is 11.5 Å². The van der Waals surface area contributed by atoms with Gasteiger partial charge in [-0.25, -0.2) is 8.42 Å². The third-order valence-corrected chi connectivity index (χ3v) is 7.17. The van der Waals surface area contributed by atoms with E-state index in [4.69, 9.17) is 4.42 Å². The lowest BCUT2D eigenvalue weighted by molar-refractivity contribution is -0.156. The number of rotatable bonds is 5. The van der Waals surface area contributed by atoms with Gasteiger partial charge < -0.3 is 15.1 Å². The van der Waals surface area contributed by atoms with Gasteiger partial charge >= 0.3 is 12.1 Å². The Labute approximate surface area is 189 Å². The normalized spacial score (nSPS) is 18.6. The summed E-state index contributed by atoms with van der Waals surface area (Å²) in [5, 5.41) is 13.1. The zero-order valence-electron chi connectivity index (χ0n) is 17.8. The van der Waals surface area contributed by atoms with E-state index in [9.17, 15) is 21.6 Å². The Morgan fingerprint density at radius 1 is 1.15 bits per heavy atom. The molecule has 4 rings (SSSR count). The second kappa shape index (κ2) is 9.14. The Morgan fingerprint density at radius 2 is 1.91 bits per heavy atom. The zero-order valence-corrected chi connectivity index (χ0v) is 18.6. The lowest BCUT2D eigenvalue weighted by Crippen LogP contribution is -2.22. The van der Waals surface area contributed by atoms with Crippen LogP contribution in [0.5, 0.6) is 0 Å². The molecule has 1 aliphatic rings. The Balaban J connectivity index is 1.49. The van der Waals surface area contributed by atoms with Gasteiger partial charge in [0.15, 0.2) is 9.84 Å². The molecule has 11 heteroatoms. The third-order valence-electron chi connectivity index (χ3n) is 5.43. The largest absolute Gasteiger partial charge is 0.470 e. The van der Waals surface area contributed by atoms with Crippen LogP contribution in [0.2, 0.25) is 0 Å². The summed E-state index contributed by atoms with van der Waals surface area (Å²) in [6, 6.07) is 12.6. The zero-order chi connectivity index (χ0) is 23.6. The van der Waals surface area contributed by atoms with E-state index in [1.165, 1.54) is 0 Å². The smallest absolute Gasteiger partial charge is 0.413 e. The fourth-order valence-electron chi connectivity index (χ4n) is 3.75. The van der Waals surface area contributed by atoms with E-state index in [0.29, 0.717) is 25.2 Å². The second-order valence-corrected chi connectivity index (χ2v) is 10.3. The highest BCUT2D eigenvalue weighted by Crippen LogP contribution is 2.31. The summed E-state index contributed by atoms with van der Waals surface area (Å²) in [5.74, 6) is -1.52. The first-order valence-electron chi connectivity index (χ1n) is 10.4. The molecule has 0 bridgehead atoms. The summed E-state index contributed by atoms with van der Waals surface area (Å²) in [4.78, 5) is 0. The van der Waals surface area contributed by atoms with E-state index in [0.717, 1.165) is 22.4 Å². The van der Waals surface area contributed by atoms with E-state index < -0.39 is 21.9 Å². The molecule has 0 amide bonds. The number of hydrogen-bond donors (Lipinski definition) is 2. The minimum absolute atomic E-state index is 0.0942. The number of aromatic nitrogens is 2. The van der Waals surface area contributed by atoms with Crippen LogP contribution in [-0.2, 0) is 22.6 Å². The van der Waals surface area contributed by atoms with Crippen molar-refractivity contribution in [2.75, 3.05) is 29.9 Å². The molecule has 1 fully saturated rings. The molecule has 0 aliphatic carbocycles. The average molecular weight is 481 g/mol. The van der Waals surface area contributed by atoms with Crippen LogP contribution in [-0.4, -0.2) is 43.2 Å². The molecule has 3 aromatic rings. The van der Waals surface area contributed by atoms with Crippen molar-refractivity contribution in [3.63, 3.8) is 0 Å². The van der Waals surface area contributed by atoms with Crippen molar-refractivity contribution in [1.29, 1.82) is 0 Å². The fourth-order valence-corrected chi connectivity index (χ4v) is 5.28. The van der Waals surface area contributed by atoms with Gasteiger partial charge in [0.1, 0.15) is 0 Å². The van der Waals surface area contributed by atoms with Crippen molar-refractivity contribution < 1.29 is 26.0 Å². The van der Waals surface area contributed by atoms with E-state index in [-0.39, 0.29) is 23.3 Å². The Bertz CT molecular complexity index is 1220. The predicted octanol–water partition coefficient (Wildman–Crippen LogP) is 3.78. The maximum atomic E-state index is 12.7. The summed E-state index contributed by atoms with van der Waals surface area (Å²) in [6.45, 7) is 3.44. The molecule has 2 heterocycles. The summed E-state index contributed by atoms with van der Waals surface area (Å²) in [6.07, 6.45) is -4.69. The van der Waals surface area contributed by atoms with Crippen LogP contribution < -0.4 is 10.6 Å². The quantitative estimate of drug-likeness (QED) is 0.574. The summed E-state index contributed by atoms with van der Waals surface area (Å²) in [5.41, 5.74) is 4.09. The lowest BCUT2D eigenvalue weighted by atomic mass is 9.96. The number of hydrogen-bond acceptors (Lipinski definition) is 7. The maximum absolute atomic E-state index is 12.7. The van der Waals surface area contributed by atoms with Crippen molar-refractivity contribution in [3.05, 3.63) is 65.0 Å². The van der Waals surface area contributed by atoms with E-state index in [1.807, 2.05) is 25.1 Å². The molecule has 7 nitrogen and oxygen atoms in total. The topological polar surface area (TPSA) is 97.1 Å². The lowest BCUT2D eigenvalue weighted by Gasteiger charge is -2.20. The molecule has 2 N–H and O–H groups in total. The summed E-state index contributed by atoms with van der Waals surface area (Å²) >= 11 is 0. The SMILES string of the molecule is Cc1ccc(NCc2ccc(-c3nnc(C(F)(F)F)o3)cc2)c(C2CNCCS(=O)(=O)C2)c1. The molecule has 1 atom stereocenters. The Morgan fingerprint density at radius 3 is 2.61 bits per heavy atom. The van der Waals surface area contributed by atoms with Gasteiger partial charge in [-0.1, -0.05) is 29.8 Å². The van der Waals surface area contributed by atoms with Crippen molar-refractivity contribution in [2.24, 2.45) is 0 Å². The minimum Gasteiger partial charge on any atom is -0.413 e. The van der Waals surface area contributed by atoms with E-state index in [1.54, 1.807) is 24.3 Å². The number of halogens is 3. The molecule has 1 aliphatic heterocycles. The molecule has 0 radical (unpaired) electrons. The number of benzene rings is 2. The first-order chi connectivity index (χ1) is 15.6. The second-order valence-electron chi connectivity index (χ2n) is 8.07. The van der Waals surface area contributed by atoms with Gasteiger partial charge in [-0.15, -0.1) is 10.2 Å². The molecule has 1 unspecified atom stereocenters. The van der Waals surface area contributed by atoms with Gasteiger partial charge in [0.25, 0.3) is 0 Å². The molecule has 0 spiro atoms. The molecule has 1 saturated heterocycles. The van der Waals surface area contributed by atoms with Gasteiger partial charge in [0.2, 0.25) is 5.89 Å². The van der Waals surface area contributed by atoms with Crippen molar-refractivity contribution >= 4 is 15.5 Å². The molecule has 2 aromatic carbocycles. The number of sulfone groups is 1. The van der Waals surface area contributed by atoms with Crippen LogP contribution in [0.15, 0.2) is 46.9 Å². The highest BCUT2D eigenvalue weighted by Gasteiger charge is 2.38. The summed E-state index contributed by atoms with van der Waals surface area (Å²) < 4.78 is 67.3. The molecule has 176 valence electrons. The summed E-state index contributed by atoms with van der Waals surface area (Å²) in [7, 11) is -3.13. The third kappa shape index (κ3) is 5.72. The fraction of sp³-hybridized carbons (Fsp3) is 0.364. The van der Waals surface area contributed by atoms with E-state index >= 15 is 0 Å². The Hall–Kier alpha value is -2.92. The first kappa shape index (κ1) is 23.2. The number of aryl methyl sites for hydroxylation is 1. The van der Waals surface area contributed by atoms with Crippen molar-refractivity contribution in [1.82, 2.24) is 15.5 Å². The molecular formula is C22H23F3N4O3S. The predicted molar refractivity (Wildman–Crippen MR) is 118 cm³/mol. The van der Waals surface area contributed by atoms with Crippen LogP contribution in [0.4, 0.5) is 18.9 Å². The van der Waals surface area contributed by atoms with Crippen LogP contribution in [0.3, 0.4) is 0 Å². The standard InChI is InChI=1S/C22H23F3N4O3S/c1-14-2-7-19(18(10-14)17-12-26-8-9-33(30,31)13-17)27-11-15-3-5-16(6-4-15)20-28-29-21(32-20)22(23,24)25/h2-7,10,17,26-27H,8-9,11-13H2,1H3. The molecule has 33 heavy (non-hydrogen) atoms. The molecule has 0 saturated carbocycles. The minimum atomic E-state index is -4.69. The Kier molecular flexibility index (Phi) is 6.44. The van der Waals surface area contributed by atoms with Crippen LogP contribution >= 0.6 is 0 Å². The maximum Gasteiger partial charge on any atom is 0.470 e. The number of anilines is 1. The van der Waals surface area contributed by atoms with Crippen LogP contribution in [0.1, 0.15) is 28.5 Å². The number of alkyl halides is 3. The van der Waals surface area contributed by atoms with E-state index in [2.05, 4.69) is 20.8 Å². The number of nitrogens with one attached hydrogen (secondary N) is 2. The monoisotopic (exact) mass is 480 g/mol. The molecular weight excluding hydrogens is 457 g/mol. The highest BCUT2D eigenvalue weighted by atomic mass is 32.2. The number of nitrogens with zero attached hydrogens (tertiary/aromatic N) is 2. The highest BCUT2D eigenvalue weighted by molar-refractivity contribution is 7.91. The van der Waals surface area contributed by atoms with Gasteiger partial charge in [0, 0.05) is 36.8 Å².